The second-order valence-corrected chi connectivity index (χ2v) is 16.8. The zero-order valence-electron chi connectivity index (χ0n) is 34.5. The summed E-state index contributed by atoms with van der Waals surface area (Å²) >= 11 is 0. The van der Waals surface area contributed by atoms with Crippen molar-refractivity contribution in [3.05, 3.63) is 36.5 Å². The van der Waals surface area contributed by atoms with E-state index in [1.165, 1.54) is 109 Å². The number of ether oxygens (including phenoxy) is 2. The first kappa shape index (κ1) is 50.7. The maximum atomic E-state index is 12.7. The van der Waals surface area contributed by atoms with E-state index in [0.717, 1.165) is 44.9 Å². The molecule has 2 unspecified atom stereocenters. The van der Waals surface area contributed by atoms with Crippen LogP contribution in [-0.4, -0.2) is 70.7 Å². The maximum absolute atomic E-state index is 12.7. The van der Waals surface area contributed by atoms with E-state index < -0.39 is 13.9 Å². The third-order valence-electron chi connectivity index (χ3n) is 8.91. The van der Waals surface area contributed by atoms with Crippen LogP contribution in [0.1, 0.15) is 174 Å². The molecule has 0 aromatic carbocycles. The molecule has 0 amide bonds. The number of unbranched alkanes of at least 4 members (excludes halogenated alkanes) is 19. The van der Waals surface area contributed by atoms with Gasteiger partial charge in [0.15, 0.2) is 0 Å². The lowest BCUT2D eigenvalue weighted by molar-refractivity contribution is -0.870. The molecule has 0 aliphatic heterocycles. The van der Waals surface area contributed by atoms with Crippen LogP contribution in [0.5, 0.6) is 0 Å². The third-order valence-corrected chi connectivity index (χ3v) is 9.88. The average Bonchev–Trinajstić information content (AvgIpc) is 3.09. The Morgan fingerprint density at radius 1 is 0.596 bits per heavy atom. The number of allylic oxidation sites excluding steroid dienone is 6. The normalized spacial score (nSPS) is 14.2. The van der Waals surface area contributed by atoms with Gasteiger partial charge in [0.1, 0.15) is 19.3 Å². The van der Waals surface area contributed by atoms with Crippen LogP contribution in [0.4, 0.5) is 0 Å². The van der Waals surface area contributed by atoms with Crippen LogP contribution in [0.25, 0.3) is 0 Å². The SMILES string of the molecule is CCCC/C=C\CCCCCCCCOCC(COP(=O)([O-])OCC[N+](C)(C)C)OC(=O)CCCCCCCCC/C=C\C/C=C\CCCCCC. The molecular formula is C43H82NO7P. The number of likely N-dealkylation sites (N-methyl/N-ethyl adjacent to an activating group) is 1. The van der Waals surface area contributed by atoms with Gasteiger partial charge in [0.2, 0.25) is 0 Å². The van der Waals surface area contributed by atoms with Gasteiger partial charge in [-0.1, -0.05) is 140 Å². The molecular weight excluding hydrogens is 673 g/mol. The van der Waals surface area contributed by atoms with Crippen molar-refractivity contribution in [3.63, 3.8) is 0 Å². The molecule has 9 heteroatoms. The Labute approximate surface area is 321 Å². The minimum atomic E-state index is -4.52. The van der Waals surface area contributed by atoms with Crippen LogP contribution < -0.4 is 4.89 Å². The van der Waals surface area contributed by atoms with E-state index in [1.807, 2.05) is 21.1 Å². The molecule has 306 valence electrons. The minimum Gasteiger partial charge on any atom is -0.756 e. The lowest BCUT2D eigenvalue weighted by Gasteiger charge is -2.28. The number of quaternary nitrogens is 1. The molecule has 0 bridgehead atoms. The van der Waals surface area contributed by atoms with E-state index in [4.69, 9.17) is 18.5 Å². The summed E-state index contributed by atoms with van der Waals surface area (Å²) in [5, 5.41) is 0. The second-order valence-electron chi connectivity index (χ2n) is 15.3. The Kier molecular flexibility index (Phi) is 35.8. The van der Waals surface area contributed by atoms with Crippen molar-refractivity contribution in [2.75, 3.05) is 54.1 Å². The van der Waals surface area contributed by atoms with Crippen LogP contribution in [-0.2, 0) is 27.9 Å². The van der Waals surface area contributed by atoms with Gasteiger partial charge in [0.25, 0.3) is 7.82 Å². The highest BCUT2D eigenvalue weighted by Crippen LogP contribution is 2.38. The van der Waals surface area contributed by atoms with Crippen LogP contribution >= 0.6 is 7.82 Å². The number of rotatable bonds is 39. The minimum absolute atomic E-state index is 0.0229. The van der Waals surface area contributed by atoms with E-state index in [1.54, 1.807) is 0 Å². The number of carbonyl (C=O) groups is 1. The third kappa shape index (κ3) is 39.9. The second kappa shape index (κ2) is 36.7. The van der Waals surface area contributed by atoms with Gasteiger partial charge in [0, 0.05) is 13.0 Å². The lowest BCUT2D eigenvalue weighted by atomic mass is 10.1. The summed E-state index contributed by atoms with van der Waals surface area (Å²) in [7, 11) is 1.34. The fourth-order valence-corrected chi connectivity index (χ4v) is 6.28. The van der Waals surface area contributed by atoms with Crippen LogP contribution in [0.15, 0.2) is 36.5 Å². The quantitative estimate of drug-likeness (QED) is 0.0203. The number of phosphoric ester groups is 1. The molecule has 0 fully saturated rings. The lowest BCUT2D eigenvalue weighted by Crippen LogP contribution is -2.37. The Balaban J connectivity index is 4.25. The van der Waals surface area contributed by atoms with Gasteiger partial charge in [-0.15, -0.1) is 0 Å². The highest BCUT2D eigenvalue weighted by Gasteiger charge is 2.20. The van der Waals surface area contributed by atoms with E-state index in [2.05, 4.69) is 50.3 Å². The molecule has 0 aliphatic rings. The summed E-state index contributed by atoms with van der Waals surface area (Å²) in [4.78, 5) is 25.0. The summed E-state index contributed by atoms with van der Waals surface area (Å²) in [6, 6.07) is 0. The summed E-state index contributed by atoms with van der Waals surface area (Å²) < 4.78 is 34.5. The molecule has 0 heterocycles. The Morgan fingerprint density at radius 2 is 1.08 bits per heavy atom. The highest BCUT2D eigenvalue weighted by atomic mass is 31.2. The Hall–Kier alpha value is -1.28. The summed E-state index contributed by atoms with van der Waals surface area (Å²) in [5.41, 5.74) is 0. The van der Waals surface area contributed by atoms with Gasteiger partial charge in [-0.05, 0) is 64.2 Å². The average molecular weight is 756 g/mol. The molecule has 0 aliphatic carbocycles. The van der Waals surface area contributed by atoms with E-state index in [9.17, 15) is 14.3 Å². The van der Waals surface area contributed by atoms with Crippen LogP contribution in [0, 0.1) is 0 Å². The molecule has 52 heavy (non-hydrogen) atoms. The molecule has 0 spiro atoms. The molecule has 0 aromatic heterocycles. The molecule has 0 radical (unpaired) electrons. The van der Waals surface area contributed by atoms with E-state index >= 15 is 0 Å². The van der Waals surface area contributed by atoms with Crippen molar-refractivity contribution in [1.29, 1.82) is 0 Å². The van der Waals surface area contributed by atoms with Gasteiger partial charge < -0.3 is 27.9 Å². The summed E-state index contributed by atoms with van der Waals surface area (Å²) in [6.45, 7) is 5.34. The molecule has 2 atom stereocenters. The zero-order valence-corrected chi connectivity index (χ0v) is 35.4. The first-order chi connectivity index (χ1) is 25.1. The standard InChI is InChI=1S/C43H82NO7P/c1-6-8-10-12-14-16-18-20-21-22-23-24-25-26-28-30-32-34-36-43(45)51-42(41-50-52(46,47)49-39-37-44(3,4)5)40-48-38-35-33-31-29-27-19-17-15-13-11-9-7-2/h13,15-16,18,21-22,42H,6-12,14,17,19-20,23-41H2,1-5H3/b15-13-,18-16-,22-21-. The van der Waals surface area contributed by atoms with E-state index in [0.29, 0.717) is 24.1 Å². The van der Waals surface area contributed by atoms with Crippen LogP contribution in [0.2, 0.25) is 0 Å². The van der Waals surface area contributed by atoms with Crippen molar-refractivity contribution >= 4 is 13.8 Å². The van der Waals surface area contributed by atoms with Crippen molar-refractivity contribution in [2.45, 2.75) is 180 Å². The first-order valence-electron chi connectivity index (χ1n) is 21.2. The topological polar surface area (TPSA) is 94.1 Å². The number of phosphoric acid groups is 1. The molecule has 0 saturated carbocycles. The Bertz CT molecular complexity index is 931. The van der Waals surface area contributed by atoms with Gasteiger partial charge in [-0.25, -0.2) is 0 Å². The summed E-state index contributed by atoms with van der Waals surface area (Å²) in [5.74, 6) is -0.345. The molecule has 0 rings (SSSR count). The van der Waals surface area contributed by atoms with Crippen molar-refractivity contribution in [2.24, 2.45) is 0 Å². The predicted octanol–water partition coefficient (Wildman–Crippen LogP) is 11.6. The number of carbonyl (C=O) groups excluding carboxylic acids is 1. The highest BCUT2D eigenvalue weighted by molar-refractivity contribution is 7.45. The van der Waals surface area contributed by atoms with Crippen LogP contribution in [0.3, 0.4) is 0 Å². The van der Waals surface area contributed by atoms with Crippen molar-refractivity contribution in [3.8, 4) is 0 Å². The van der Waals surface area contributed by atoms with Gasteiger partial charge in [0.05, 0.1) is 34.4 Å². The molecule has 0 saturated heterocycles. The fraction of sp³-hybridized carbons (Fsp3) is 0.837. The smallest absolute Gasteiger partial charge is 0.306 e. The van der Waals surface area contributed by atoms with Gasteiger partial charge in [-0.2, -0.15) is 0 Å². The number of hydrogen-bond donors (Lipinski definition) is 0. The zero-order chi connectivity index (χ0) is 38.4. The van der Waals surface area contributed by atoms with Gasteiger partial charge in [-0.3, -0.25) is 9.36 Å². The Morgan fingerprint density at radius 3 is 1.63 bits per heavy atom. The molecule has 8 nitrogen and oxygen atoms in total. The first-order valence-corrected chi connectivity index (χ1v) is 22.7. The van der Waals surface area contributed by atoms with Crippen molar-refractivity contribution in [1.82, 2.24) is 0 Å². The fourth-order valence-electron chi connectivity index (χ4n) is 5.56. The number of esters is 1. The van der Waals surface area contributed by atoms with E-state index in [-0.39, 0.29) is 25.8 Å². The maximum Gasteiger partial charge on any atom is 0.306 e. The number of nitrogens with zero attached hydrogens (tertiary/aromatic N) is 1. The largest absolute Gasteiger partial charge is 0.756 e. The predicted molar refractivity (Wildman–Crippen MR) is 217 cm³/mol. The van der Waals surface area contributed by atoms with Gasteiger partial charge >= 0.3 is 5.97 Å². The van der Waals surface area contributed by atoms with Crippen molar-refractivity contribution < 1.29 is 37.3 Å². The molecule has 0 N–H and O–H groups in total. The number of hydrogen-bond acceptors (Lipinski definition) is 7. The monoisotopic (exact) mass is 756 g/mol. The molecule has 0 aromatic rings. The summed E-state index contributed by atoms with van der Waals surface area (Å²) in [6.07, 6.45) is 41.5.